The maximum absolute atomic E-state index is 13.8. The molecule has 0 radical (unpaired) electrons. The van der Waals surface area contributed by atoms with Gasteiger partial charge in [-0.15, -0.1) is 0 Å². The second-order valence-corrected chi connectivity index (χ2v) is 8.21. The van der Waals surface area contributed by atoms with Crippen LogP contribution in [0.3, 0.4) is 0 Å². The highest BCUT2D eigenvalue weighted by atomic mass is 19.3. The number of halogens is 4. The quantitative estimate of drug-likeness (QED) is 0.705. The average Bonchev–Trinajstić information content (AvgIpc) is 3.26. The number of hydrogen-bond donors (Lipinski definition) is 1. The maximum atomic E-state index is 13.8. The number of carbonyl (C=O) groups excluding carboxylic acids is 2. The molecule has 2 fully saturated rings. The molecule has 3 heterocycles. The second kappa shape index (κ2) is 7.32. The topological polar surface area (TPSA) is 65.0 Å². The number of hydrogen-bond acceptors (Lipinski definition) is 3. The number of alkyl halides is 2. The lowest BCUT2D eigenvalue weighted by Crippen LogP contribution is -2.49. The van der Waals surface area contributed by atoms with E-state index in [9.17, 15) is 27.2 Å². The van der Waals surface area contributed by atoms with E-state index in [4.69, 9.17) is 0 Å². The van der Waals surface area contributed by atoms with Crippen LogP contribution < -0.4 is 5.32 Å². The highest BCUT2D eigenvalue weighted by Crippen LogP contribution is 2.41. The number of rotatable bonds is 2. The van der Waals surface area contributed by atoms with Gasteiger partial charge in [-0.05, 0) is 41.3 Å². The summed E-state index contributed by atoms with van der Waals surface area (Å²) in [7, 11) is 0. The van der Waals surface area contributed by atoms with Crippen molar-refractivity contribution in [3.63, 3.8) is 0 Å². The number of likely N-dealkylation sites (tertiary alicyclic amines) is 1. The van der Waals surface area contributed by atoms with Gasteiger partial charge in [0.1, 0.15) is 11.6 Å². The number of urea groups is 1. The van der Waals surface area contributed by atoms with Gasteiger partial charge in [-0.2, -0.15) is 13.9 Å². The van der Waals surface area contributed by atoms with Crippen LogP contribution >= 0.6 is 0 Å². The van der Waals surface area contributed by atoms with Gasteiger partial charge < -0.3 is 10.2 Å². The molecule has 1 unspecified atom stereocenters. The van der Waals surface area contributed by atoms with E-state index in [0.717, 1.165) is 11.6 Å². The van der Waals surface area contributed by atoms with E-state index in [1.165, 1.54) is 34.3 Å². The van der Waals surface area contributed by atoms with Crippen molar-refractivity contribution in [1.82, 2.24) is 15.2 Å². The summed E-state index contributed by atoms with van der Waals surface area (Å²) in [5.41, 5.74) is 2.14. The molecule has 2 atom stereocenters. The van der Waals surface area contributed by atoms with Gasteiger partial charge in [-0.25, -0.2) is 18.6 Å². The zero-order valence-electron chi connectivity index (χ0n) is 16.7. The van der Waals surface area contributed by atoms with Crippen LogP contribution in [-0.2, 0) is 4.79 Å². The van der Waals surface area contributed by atoms with E-state index >= 15 is 0 Å². The number of benzene rings is 1. The minimum Gasteiger partial charge on any atom is -0.324 e. The summed E-state index contributed by atoms with van der Waals surface area (Å²) in [4.78, 5) is 25.8. The molecule has 6 nitrogen and oxygen atoms in total. The van der Waals surface area contributed by atoms with E-state index in [1.54, 1.807) is 6.08 Å². The van der Waals surface area contributed by atoms with Crippen molar-refractivity contribution in [2.45, 2.75) is 24.8 Å². The van der Waals surface area contributed by atoms with Crippen LogP contribution in [0.25, 0.3) is 0 Å². The molecule has 1 aromatic carbocycles. The van der Waals surface area contributed by atoms with Gasteiger partial charge in [0, 0.05) is 37.5 Å². The Morgan fingerprint density at radius 2 is 1.88 bits per heavy atom. The Labute approximate surface area is 180 Å². The number of allylic oxidation sites excluding steroid dienone is 5. The van der Waals surface area contributed by atoms with Crippen LogP contribution in [0, 0.1) is 17.6 Å². The van der Waals surface area contributed by atoms with Gasteiger partial charge in [-0.3, -0.25) is 4.79 Å². The van der Waals surface area contributed by atoms with Crippen molar-refractivity contribution in [2.75, 3.05) is 13.1 Å². The normalized spacial score (nSPS) is 25.8. The van der Waals surface area contributed by atoms with E-state index in [0.29, 0.717) is 30.6 Å². The molecule has 0 saturated carbocycles. The third-order valence-electron chi connectivity index (χ3n) is 6.01. The molecular formula is C22H18F4N4O2. The van der Waals surface area contributed by atoms with Crippen LogP contribution in [0.4, 0.5) is 22.4 Å². The molecule has 10 heteroatoms. The van der Waals surface area contributed by atoms with Crippen molar-refractivity contribution in [3.8, 4) is 0 Å². The fourth-order valence-electron chi connectivity index (χ4n) is 4.35. The molecule has 1 N–H and O–H groups in total. The standard InChI is InChI=1S/C22H18F4N4O2/c23-15-7-14(8-16(24)9-15)19-3-4-27-30(19)21(32)29-10-13(11-29)5-12-1-2-17-18(6-12)28-20(31)22(17,25)26/h1,4-9,17,19H,2-3,10-11H2,(H,28,31)/t17-,19?/m0/s1. The fourth-order valence-corrected chi connectivity index (χ4v) is 4.35. The summed E-state index contributed by atoms with van der Waals surface area (Å²) in [6.07, 6.45) is 6.92. The Balaban J connectivity index is 1.24. The van der Waals surface area contributed by atoms with Crippen LogP contribution in [0.5, 0.6) is 0 Å². The number of nitrogens with zero attached hydrogens (tertiary/aromatic N) is 3. The van der Waals surface area contributed by atoms with E-state index in [-0.39, 0.29) is 18.1 Å². The largest absolute Gasteiger partial charge is 0.341 e. The van der Waals surface area contributed by atoms with E-state index < -0.39 is 35.4 Å². The van der Waals surface area contributed by atoms with Crippen molar-refractivity contribution >= 4 is 18.2 Å². The van der Waals surface area contributed by atoms with Crippen molar-refractivity contribution in [3.05, 3.63) is 70.5 Å². The molecule has 4 aliphatic rings. The van der Waals surface area contributed by atoms with Crippen LogP contribution in [0.15, 0.2) is 58.4 Å². The first kappa shape index (κ1) is 20.5. The summed E-state index contributed by atoms with van der Waals surface area (Å²) in [6, 6.07) is 2.17. The molecule has 1 aromatic rings. The SMILES string of the molecule is O=C(N1CC(=CC2=CC[C@H]3C(=C2)NC(=O)C3(F)F)C1)N1N=CCC1c1cc(F)cc(F)c1. The first-order valence-electron chi connectivity index (χ1n) is 10.1. The summed E-state index contributed by atoms with van der Waals surface area (Å²) < 4.78 is 54.8. The molecule has 0 aromatic heterocycles. The highest BCUT2D eigenvalue weighted by molar-refractivity contribution is 5.89. The number of fused-ring (bicyclic) bond motifs is 1. The molecule has 0 bridgehead atoms. The highest BCUT2D eigenvalue weighted by Gasteiger charge is 2.55. The zero-order chi connectivity index (χ0) is 22.6. The number of amides is 3. The van der Waals surface area contributed by atoms with Crippen molar-refractivity contribution in [1.29, 1.82) is 0 Å². The number of nitrogens with one attached hydrogen (secondary N) is 1. The summed E-state index contributed by atoms with van der Waals surface area (Å²) in [6.45, 7) is 0.642. The Morgan fingerprint density at radius 1 is 1.16 bits per heavy atom. The minimum atomic E-state index is -3.40. The maximum Gasteiger partial charge on any atom is 0.341 e. The first-order chi connectivity index (χ1) is 15.2. The Hall–Kier alpha value is -3.43. The van der Waals surface area contributed by atoms with Gasteiger partial charge in [0.25, 0.3) is 5.91 Å². The second-order valence-electron chi connectivity index (χ2n) is 8.21. The third kappa shape index (κ3) is 3.39. The lowest BCUT2D eigenvalue weighted by molar-refractivity contribution is -0.144. The average molecular weight is 446 g/mol. The first-order valence-corrected chi connectivity index (χ1v) is 10.1. The van der Waals surface area contributed by atoms with Gasteiger partial charge in [0.2, 0.25) is 0 Å². The molecule has 1 aliphatic carbocycles. The number of hydrazone groups is 1. The summed E-state index contributed by atoms with van der Waals surface area (Å²) in [5, 5.41) is 7.53. The lowest BCUT2D eigenvalue weighted by Gasteiger charge is -2.37. The lowest BCUT2D eigenvalue weighted by atomic mass is 9.90. The molecule has 3 aliphatic heterocycles. The Kier molecular flexibility index (Phi) is 4.68. The van der Waals surface area contributed by atoms with Crippen molar-refractivity contribution < 1.29 is 27.2 Å². The van der Waals surface area contributed by atoms with Crippen molar-refractivity contribution in [2.24, 2.45) is 11.0 Å². The minimum absolute atomic E-state index is 0.0493. The molecule has 166 valence electrons. The van der Waals surface area contributed by atoms with E-state index in [2.05, 4.69) is 10.4 Å². The van der Waals surface area contributed by atoms with Crippen LogP contribution in [-0.4, -0.2) is 47.1 Å². The Morgan fingerprint density at radius 3 is 2.59 bits per heavy atom. The van der Waals surface area contributed by atoms with Gasteiger partial charge in [0.15, 0.2) is 0 Å². The van der Waals surface area contributed by atoms with Crippen LogP contribution in [0.2, 0.25) is 0 Å². The van der Waals surface area contributed by atoms with E-state index in [1.807, 2.05) is 6.08 Å². The Bertz CT molecular complexity index is 1110. The third-order valence-corrected chi connectivity index (χ3v) is 6.01. The fraction of sp³-hybridized carbons (Fsp3) is 0.318. The smallest absolute Gasteiger partial charge is 0.324 e. The van der Waals surface area contributed by atoms with Gasteiger partial charge >= 0.3 is 12.0 Å². The summed E-state index contributed by atoms with van der Waals surface area (Å²) >= 11 is 0. The molecule has 5 rings (SSSR count). The predicted molar refractivity (Wildman–Crippen MR) is 106 cm³/mol. The molecule has 0 spiro atoms. The van der Waals surface area contributed by atoms with Gasteiger partial charge in [0.05, 0.1) is 12.0 Å². The zero-order valence-corrected chi connectivity index (χ0v) is 16.7. The summed E-state index contributed by atoms with van der Waals surface area (Å²) in [5.74, 6) is -7.29. The monoisotopic (exact) mass is 446 g/mol. The van der Waals surface area contributed by atoms with Crippen LogP contribution in [0.1, 0.15) is 24.4 Å². The molecular weight excluding hydrogens is 428 g/mol. The number of carbonyl (C=O) groups is 2. The van der Waals surface area contributed by atoms with Gasteiger partial charge in [-0.1, -0.05) is 12.2 Å². The molecule has 2 saturated heterocycles. The molecule has 3 amide bonds. The predicted octanol–water partition coefficient (Wildman–Crippen LogP) is 3.65. The molecule has 32 heavy (non-hydrogen) atoms.